The van der Waals surface area contributed by atoms with Crippen LogP contribution in [0.15, 0.2) is 60.8 Å². The number of imide groups is 1. The first kappa shape index (κ1) is 32.9. The van der Waals surface area contributed by atoms with Gasteiger partial charge in [-0.3, -0.25) is 24.6 Å². The number of nitrogens with one attached hydrogen (secondary N) is 2. The molecule has 1 unspecified atom stereocenters. The zero-order chi connectivity index (χ0) is 33.9. The molecule has 0 spiro atoms. The number of anilines is 2. The van der Waals surface area contributed by atoms with Gasteiger partial charge in [-0.15, -0.1) is 0 Å². The van der Waals surface area contributed by atoms with Crippen LogP contribution in [0, 0.1) is 0 Å². The van der Waals surface area contributed by atoms with E-state index in [1.807, 2.05) is 24.4 Å². The van der Waals surface area contributed by atoms with Crippen molar-refractivity contribution < 1.29 is 14.4 Å². The van der Waals surface area contributed by atoms with Gasteiger partial charge in [0.1, 0.15) is 11.3 Å². The number of nitrogens with zero attached hydrogens (tertiary/aromatic N) is 6. The number of piperazine rings is 1. The summed E-state index contributed by atoms with van der Waals surface area (Å²) in [5.41, 5.74) is 5.92. The van der Waals surface area contributed by atoms with Gasteiger partial charge in [-0.2, -0.15) is 4.98 Å². The third-order valence-electron chi connectivity index (χ3n) is 10.3. The van der Waals surface area contributed by atoms with E-state index in [9.17, 15) is 14.4 Å². The molecule has 3 amide bonds. The van der Waals surface area contributed by atoms with Gasteiger partial charge in [0.25, 0.3) is 5.91 Å². The fraction of sp³-hybridized carbons (Fsp3) is 0.447. The van der Waals surface area contributed by atoms with E-state index in [4.69, 9.17) is 4.98 Å². The van der Waals surface area contributed by atoms with Crippen LogP contribution in [0.3, 0.4) is 0 Å². The van der Waals surface area contributed by atoms with E-state index in [0.29, 0.717) is 24.5 Å². The lowest BCUT2D eigenvalue weighted by atomic mass is 9.89. The third-order valence-corrected chi connectivity index (χ3v) is 10.3. The lowest BCUT2D eigenvalue weighted by Gasteiger charge is -2.35. The van der Waals surface area contributed by atoms with Crippen LogP contribution in [0.4, 0.5) is 11.6 Å². The minimum Gasteiger partial charge on any atom is -0.343 e. The van der Waals surface area contributed by atoms with E-state index in [-0.39, 0.29) is 29.7 Å². The monoisotopic (exact) mass is 662 g/mol. The van der Waals surface area contributed by atoms with Gasteiger partial charge < -0.3 is 19.7 Å². The van der Waals surface area contributed by atoms with E-state index in [2.05, 4.69) is 66.4 Å². The van der Waals surface area contributed by atoms with Gasteiger partial charge >= 0.3 is 0 Å². The molecule has 0 radical (unpaired) electrons. The standard InChI is InChI=1S/C38H46N8O3/c1-43(2)37(49)33-23-29-24-39-38(42-35(29)46(33)31-8-3-4-9-31)40-30-12-10-26(11-13-30)16-17-44-18-20-45(21-19-44)25-27-6-5-7-28(22-27)32-14-15-34(47)41-36(32)48/h5-7,10-13,22-24,31-32H,3-4,8-9,14-21,25H2,1-2H3,(H,39,40,42)(H,41,47,48). The maximum atomic E-state index is 13.0. The quantitative estimate of drug-likeness (QED) is 0.231. The van der Waals surface area contributed by atoms with Gasteiger partial charge in [-0.25, -0.2) is 4.98 Å². The van der Waals surface area contributed by atoms with E-state index >= 15 is 0 Å². The first-order chi connectivity index (χ1) is 23.8. The Hall–Kier alpha value is -4.61. The summed E-state index contributed by atoms with van der Waals surface area (Å²) in [6.45, 7) is 5.93. The zero-order valence-corrected chi connectivity index (χ0v) is 28.5. The topological polar surface area (TPSA) is 116 Å². The normalized spacial score (nSPS) is 19.3. The van der Waals surface area contributed by atoms with Crippen molar-refractivity contribution in [2.75, 3.05) is 52.1 Å². The Morgan fingerprint density at radius 1 is 0.939 bits per heavy atom. The molecule has 4 aromatic rings. The second-order valence-electron chi connectivity index (χ2n) is 13.9. The van der Waals surface area contributed by atoms with Crippen molar-refractivity contribution in [2.24, 2.45) is 0 Å². The highest BCUT2D eigenvalue weighted by atomic mass is 16.2. The molecular weight excluding hydrogens is 616 g/mol. The van der Waals surface area contributed by atoms with Crippen LogP contribution in [-0.4, -0.2) is 93.8 Å². The molecule has 3 aliphatic rings. The van der Waals surface area contributed by atoms with Crippen LogP contribution >= 0.6 is 0 Å². The van der Waals surface area contributed by atoms with Crippen LogP contribution in [-0.2, 0) is 22.6 Å². The molecule has 2 aliphatic heterocycles. The lowest BCUT2D eigenvalue weighted by Crippen LogP contribution is -2.46. The highest BCUT2D eigenvalue weighted by Crippen LogP contribution is 2.35. The number of carbonyl (C=O) groups excluding carboxylic acids is 3. The van der Waals surface area contributed by atoms with E-state index in [0.717, 1.165) is 80.8 Å². The molecule has 1 saturated carbocycles. The summed E-state index contributed by atoms with van der Waals surface area (Å²) in [4.78, 5) is 53.0. The van der Waals surface area contributed by atoms with Crippen LogP contribution in [0.2, 0.25) is 0 Å². The first-order valence-corrected chi connectivity index (χ1v) is 17.6. The fourth-order valence-electron chi connectivity index (χ4n) is 7.51. The van der Waals surface area contributed by atoms with Gasteiger partial charge in [0, 0.05) is 83.1 Å². The van der Waals surface area contributed by atoms with Gasteiger partial charge in [0.2, 0.25) is 17.8 Å². The summed E-state index contributed by atoms with van der Waals surface area (Å²) in [6, 6.07) is 19.0. The Bertz CT molecular complexity index is 1820. The molecule has 49 heavy (non-hydrogen) atoms. The molecule has 2 aromatic heterocycles. The number of piperidine rings is 1. The number of carbonyl (C=O) groups is 3. The molecule has 3 fully saturated rings. The summed E-state index contributed by atoms with van der Waals surface area (Å²) < 4.78 is 2.14. The van der Waals surface area contributed by atoms with Crippen LogP contribution in [0.25, 0.3) is 11.0 Å². The molecule has 1 aliphatic carbocycles. The van der Waals surface area contributed by atoms with Gasteiger partial charge in [-0.05, 0) is 60.6 Å². The summed E-state index contributed by atoms with van der Waals surface area (Å²) in [6.07, 6.45) is 8.23. The molecule has 2 aromatic carbocycles. The van der Waals surface area contributed by atoms with Crippen molar-refractivity contribution in [3.63, 3.8) is 0 Å². The number of fused-ring (bicyclic) bond motifs is 1. The Kier molecular flexibility index (Phi) is 9.72. The maximum Gasteiger partial charge on any atom is 0.270 e. The number of amides is 3. The van der Waals surface area contributed by atoms with Gasteiger partial charge in [0.15, 0.2) is 0 Å². The van der Waals surface area contributed by atoms with E-state index in [1.54, 1.807) is 19.0 Å². The van der Waals surface area contributed by atoms with Crippen molar-refractivity contribution in [3.05, 3.63) is 83.2 Å². The van der Waals surface area contributed by atoms with E-state index < -0.39 is 0 Å². The highest BCUT2D eigenvalue weighted by molar-refractivity contribution is 6.01. The Morgan fingerprint density at radius 3 is 2.43 bits per heavy atom. The molecule has 11 heteroatoms. The Labute approximate surface area is 287 Å². The summed E-state index contributed by atoms with van der Waals surface area (Å²) in [5.74, 6) is -0.0814. The van der Waals surface area contributed by atoms with E-state index in [1.165, 1.54) is 24.0 Å². The number of benzene rings is 2. The number of hydrogen-bond donors (Lipinski definition) is 2. The molecule has 2 N–H and O–H groups in total. The first-order valence-electron chi connectivity index (χ1n) is 17.6. The predicted octanol–water partition coefficient (Wildman–Crippen LogP) is 4.87. The lowest BCUT2D eigenvalue weighted by molar-refractivity contribution is -0.134. The molecule has 2 saturated heterocycles. The summed E-state index contributed by atoms with van der Waals surface area (Å²) >= 11 is 0. The maximum absolute atomic E-state index is 13.0. The van der Waals surface area contributed by atoms with Gasteiger partial charge in [0.05, 0.1) is 5.92 Å². The number of rotatable bonds is 10. The molecule has 4 heterocycles. The molecule has 1 atom stereocenters. The van der Waals surface area contributed by atoms with Crippen LogP contribution < -0.4 is 10.6 Å². The van der Waals surface area contributed by atoms with Crippen molar-refractivity contribution in [3.8, 4) is 0 Å². The second-order valence-corrected chi connectivity index (χ2v) is 13.9. The van der Waals surface area contributed by atoms with Gasteiger partial charge in [-0.1, -0.05) is 49.2 Å². The molecule has 7 rings (SSSR count). The second kappa shape index (κ2) is 14.5. The summed E-state index contributed by atoms with van der Waals surface area (Å²) in [5, 5.41) is 6.74. The smallest absolute Gasteiger partial charge is 0.270 e. The minimum atomic E-state index is -0.244. The average molecular weight is 663 g/mol. The molecule has 11 nitrogen and oxygen atoms in total. The Morgan fingerprint density at radius 2 is 1.69 bits per heavy atom. The fourth-order valence-corrected chi connectivity index (χ4v) is 7.51. The SMILES string of the molecule is CN(C)C(=O)c1cc2cnc(Nc3ccc(CCN4CCN(Cc5cccc(C6CCC(=O)NC6=O)c5)CC4)cc3)nc2n1C1CCCC1. The highest BCUT2D eigenvalue weighted by Gasteiger charge is 2.29. The van der Waals surface area contributed by atoms with Crippen molar-refractivity contribution in [1.29, 1.82) is 0 Å². The Balaban J connectivity index is 0.910. The van der Waals surface area contributed by atoms with Crippen molar-refractivity contribution in [1.82, 2.24) is 34.6 Å². The molecular formula is C38H46N8O3. The van der Waals surface area contributed by atoms with Crippen LogP contribution in [0.1, 0.15) is 77.7 Å². The third kappa shape index (κ3) is 7.52. The number of aromatic nitrogens is 3. The van der Waals surface area contributed by atoms with Crippen molar-refractivity contribution >= 4 is 40.4 Å². The van der Waals surface area contributed by atoms with Crippen LogP contribution in [0.5, 0.6) is 0 Å². The predicted molar refractivity (Wildman–Crippen MR) is 190 cm³/mol. The largest absolute Gasteiger partial charge is 0.343 e. The van der Waals surface area contributed by atoms with Crippen molar-refractivity contribution in [2.45, 2.75) is 63.5 Å². The molecule has 0 bridgehead atoms. The molecule has 256 valence electrons. The number of hydrogen-bond acceptors (Lipinski definition) is 8. The summed E-state index contributed by atoms with van der Waals surface area (Å²) in [7, 11) is 3.58. The minimum absolute atomic E-state index is 0.00816. The zero-order valence-electron chi connectivity index (χ0n) is 28.5. The average Bonchev–Trinajstić information content (AvgIpc) is 3.76.